The van der Waals surface area contributed by atoms with Gasteiger partial charge in [0.05, 0.1) is 18.1 Å². The minimum absolute atomic E-state index is 0.0604. The zero-order valence-electron chi connectivity index (χ0n) is 11.4. The minimum atomic E-state index is -1.10. The van der Waals surface area contributed by atoms with Gasteiger partial charge in [0, 0.05) is 6.07 Å². The number of non-ortho nitro benzene ring substituents is 1. The van der Waals surface area contributed by atoms with Gasteiger partial charge in [-0.25, -0.2) is 4.79 Å². The van der Waals surface area contributed by atoms with Gasteiger partial charge in [-0.3, -0.25) is 10.1 Å². The van der Waals surface area contributed by atoms with Crippen molar-refractivity contribution in [3.8, 4) is 11.5 Å². The molecule has 0 heterocycles. The van der Waals surface area contributed by atoms with Crippen molar-refractivity contribution >= 4 is 11.7 Å². The van der Waals surface area contributed by atoms with E-state index in [1.54, 1.807) is 0 Å². The molecular weight excluding hydrogens is 266 g/mol. The maximum atomic E-state index is 11.1. The molecule has 0 saturated carbocycles. The maximum Gasteiger partial charge on any atom is 0.344 e. The molecule has 110 valence electrons. The standard InChI is InChI=1S/C13H17NO6/c1-3-4-5-11(13(15)16)20-12-8-9(14(17)18)6-7-10(12)19-2/h6-8,11H,3-5H2,1-2H3,(H,15,16). The topological polar surface area (TPSA) is 98.9 Å². The maximum absolute atomic E-state index is 11.1. The lowest BCUT2D eigenvalue weighted by molar-refractivity contribution is -0.385. The van der Waals surface area contributed by atoms with Crippen LogP contribution in [0.4, 0.5) is 5.69 Å². The number of nitrogens with zero attached hydrogens (tertiary/aromatic N) is 1. The molecule has 20 heavy (non-hydrogen) atoms. The van der Waals surface area contributed by atoms with Gasteiger partial charge in [-0.15, -0.1) is 0 Å². The van der Waals surface area contributed by atoms with E-state index in [-0.39, 0.29) is 17.2 Å². The second kappa shape index (κ2) is 7.32. The van der Waals surface area contributed by atoms with Crippen molar-refractivity contribution in [1.29, 1.82) is 0 Å². The summed E-state index contributed by atoms with van der Waals surface area (Å²) in [5.41, 5.74) is -0.180. The van der Waals surface area contributed by atoms with Crippen molar-refractivity contribution in [2.75, 3.05) is 7.11 Å². The van der Waals surface area contributed by atoms with Gasteiger partial charge < -0.3 is 14.6 Å². The van der Waals surface area contributed by atoms with Crippen LogP contribution in [0.2, 0.25) is 0 Å². The molecule has 0 amide bonds. The molecule has 0 bridgehead atoms. The number of hydrogen-bond acceptors (Lipinski definition) is 5. The molecule has 0 aliphatic rings. The molecule has 1 aromatic carbocycles. The van der Waals surface area contributed by atoms with Gasteiger partial charge in [0.1, 0.15) is 0 Å². The van der Waals surface area contributed by atoms with E-state index in [9.17, 15) is 14.9 Å². The first-order valence-electron chi connectivity index (χ1n) is 6.21. The molecule has 0 fully saturated rings. The van der Waals surface area contributed by atoms with Crippen LogP contribution in [0.1, 0.15) is 26.2 Å². The molecule has 1 rings (SSSR count). The number of unbranched alkanes of at least 4 members (excludes halogenated alkanes) is 1. The third-order valence-corrected chi connectivity index (χ3v) is 2.72. The molecule has 0 saturated heterocycles. The lowest BCUT2D eigenvalue weighted by atomic mass is 10.1. The Balaban J connectivity index is 2.99. The average molecular weight is 283 g/mol. The highest BCUT2D eigenvalue weighted by atomic mass is 16.6. The molecule has 1 unspecified atom stereocenters. The Morgan fingerprint density at radius 3 is 2.65 bits per heavy atom. The van der Waals surface area contributed by atoms with E-state index in [0.29, 0.717) is 12.8 Å². The first-order valence-corrected chi connectivity index (χ1v) is 6.21. The molecule has 0 aliphatic carbocycles. The molecule has 0 radical (unpaired) electrons. The molecule has 0 aromatic heterocycles. The number of carboxylic acids is 1. The average Bonchev–Trinajstić information content (AvgIpc) is 2.42. The predicted molar refractivity (Wildman–Crippen MR) is 71.2 cm³/mol. The number of nitro groups is 1. The van der Waals surface area contributed by atoms with Crippen molar-refractivity contribution in [1.82, 2.24) is 0 Å². The van der Waals surface area contributed by atoms with Crippen LogP contribution in [0.5, 0.6) is 11.5 Å². The van der Waals surface area contributed by atoms with E-state index in [1.807, 2.05) is 6.92 Å². The Kier molecular flexibility index (Phi) is 5.76. The smallest absolute Gasteiger partial charge is 0.344 e. The molecule has 1 atom stereocenters. The Hall–Kier alpha value is -2.31. The van der Waals surface area contributed by atoms with Crippen LogP contribution in [-0.2, 0) is 4.79 Å². The van der Waals surface area contributed by atoms with E-state index in [4.69, 9.17) is 14.6 Å². The van der Waals surface area contributed by atoms with Crippen LogP contribution in [0.15, 0.2) is 18.2 Å². The number of hydrogen-bond donors (Lipinski definition) is 1. The molecule has 1 aromatic rings. The summed E-state index contributed by atoms with van der Waals surface area (Å²) in [6.07, 6.45) is 0.802. The molecule has 7 heteroatoms. The second-order valence-corrected chi connectivity index (χ2v) is 4.18. The Morgan fingerprint density at radius 2 is 2.15 bits per heavy atom. The monoisotopic (exact) mass is 283 g/mol. The van der Waals surface area contributed by atoms with Crippen molar-refractivity contribution in [2.24, 2.45) is 0 Å². The number of carboxylic acid groups (broad SMARTS) is 1. The van der Waals surface area contributed by atoms with Crippen LogP contribution in [0.25, 0.3) is 0 Å². The van der Waals surface area contributed by atoms with Gasteiger partial charge in [0.15, 0.2) is 17.6 Å². The highest BCUT2D eigenvalue weighted by molar-refractivity contribution is 5.73. The van der Waals surface area contributed by atoms with Crippen LogP contribution in [0, 0.1) is 10.1 Å². The highest BCUT2D eigenvalue weighted by Gasteiger charge is 2.22. The predicted octanol–water partition coefficient (Wildman–Crippen LogP) is 2.63. The van der Waals surface area contributed by atoms with Crippen molar-refractivity contribution < 1.29 is 24.3 Å². The Labute approximate surface area is 116 Å². The molecule has 1 N–H and O–H groups in total. The van der Waals surface area contributed by atoms with Crippen molar-refractivity contribution in [3.05, 3.63) is 28.3 Å². The fourth-order valence-electron chi connectivity index (χ4n) is 1.65. The van der Waals surface area contributed by atoms with E-state index >= 15 is 0 Å². The van der Waals surface area contributed by atoms with Gasteiger partial charge in [0.25, 0.3) is 5.69 Å². The fourth-order valence-corrected chi connectivity index (χ4v) is 1.65. The molecule has 0 aliphatic heterocycles. The number of ether oxygens (including phenoxy) is 2. The zero-order chi connectivity index (χ0) is 15.1. The molecule has 7 nitrogen and oxygen atoms in total. The van der Waals surface area contributed by atoms with Crippen LogP contribution in [0.3, 0.4) is 0 Å². The van der Waals surface area contributed by atoms with Gasteiger partial charge in [-0.2, -0.15) is 0 Å². The van der Waals surface area contributed by atoms with E-state index in [1.165, 1.54) is 25.3 Å². The van der Waals surface area contributed by atoms with Gasteiger partial charge in [-0.05, 0) is 18.9 Å². The third-order valence-electron chi connectivity index (χ3n) is 2.72. The highest BCUT2D eigenvalue weighted by Crippen LogP contribution is 2.32. The van der Waals surface area contributed by atoms with E-state index < -0.39 is 17.0 Å². The largest absolute Gasteiger partial charge is 0.493 e. The summed E-state index contributed by atoms with van der Waals surface area (Å²) in [6.45, 7) is 1.94. The van der Waals surface area contributed by atoms with Crippen molar-refractivity contribution in [3.63, 3.8) is 0 Å². The Bertz CT molecular complexity index is 488. The summed E-state index contributed by atoms with van der Waals surface area (Å²) in [5, 5.41) is 19.8. The van der Waals surface area contributed by atoms with Gasteiger partial charge in [0.2, 0.25) is 0 Å². The van der Waals surface area contributed by atoms with Gasteiger partial charge >= 0.3 is 5.97 Å². The SMILES string of the molecule is CCCCC(Oc1cc([N+](=O)[O-])ccc1OC)C(=O)O. The summed E-state index contributed by atoms with van der Waals surface area (Å²) in [6, 6.07) is 3.82. The van der Waals surface area contributed by atoms with Gasteiger partial charge in [-0.1, -0.05) is 13.3 Å². The quantitative estimate of drug-likeness (QED) is 0.581. The number of benzene rings is 1. The number of carbonyl (C=O) groups is 1. The summed E-state index contributed by atoms with van der Waals surface area (Å²) in [7, 11) is 1.38. The minimum Gasteiger partial charge on any atom is -0.493 e. The van der Waals surface area contributed by atoms with Crippen molar-refractivity contribution in [2.45, 2.75) is 32.3 Å². The van der Waals surface area contributed by atoms with E-state index in [0.717, 1.165) is 6.42 Å². The number of nitro benzene ring substituents is 1. The summed E-state index contributed by atoms with van der Waals surface area (Å²) >= 11 is 0. The van der Waals surface area contributed by atoms with Crippen LogP contribution in [-0.4, -0.2) is 29.2 Å². The summed E-state index contributed by atoms with van der Waals surface area (Å²) < 4.78 is 10.4. The molecular formula is C13H17NO6. The first-order chi connectivity index (χ1) is 9.49. The molecule has 0 spiro atoms. The number of rotatable bonds is 8. The fraction of sp³-hybridized carbons (Fsp3) is 0.462. The summed E-state index contributed by atoms with van der Waals surface area (Å²) in [4.78, 5) is 21.3. The van der Waals surface area contributed by atoms with E-state index in [2.05, 4.69) is 0 Å². The lowest BCUT2D eigenvalue weighted by Crippen LogP contribution is -2.27. The van der Waals surface area contributed by atoms with Crippen LogP contribution >= 0.6 is 0 Å². The lowest BCUT2D eigenvalue weighted by Gasteiger charge is -2.16. The second-order valence-electron chi connectivity index (χ2n) is 4.18. The number of aliphatic carboxylic acids is 1. The normalized spacial score (nSPS) is 11.7. The third kappa shape index (κ3) is 4.11. The zero-order valence-corrected chi connectivity index (χ0v) is 11.4. The number of methoxy groups -OCH3 is 1. The Morgan fingerprint density at radius 1 is 1.45 bits per heavy atom. The summed E-state index contributed by atoms with van der Waals surface area (Å²) in [5.74, 6) is -0.782. The van der Waals surface area contributed by atoms with Crippen LogP contribution < -0.4 is 9.47 Å². The first kappa shape index (κ1) is 15.7.